The highest BCUT2D eigenvalue weighted by atomic mass is 16.7. The number of ether oxygens (including phenoxy) is 2. The monoisotopic (exact) mass is 275 g/mol. The number of hydrogen-bond donors (Lipinski definition) is 2. The summed E-state index contributed by atoms with van der Waals surface area (Å²) in [7, 11) is 0. The van der Waals surface area contributed by atoms with Crippen molar-refractivity contribution in [3.63, 3.8) is 0 Å². The van der Waals surface area contributed by atoms with Crippen LogP contribution < -0.4 is 20.1 Å². The van der Waals surface area contributed by atoms with E-state index in [-0.39, 0.29) is 5.41 Å². The maximum absolute atomic E-state index is 5.45. The molecule has 5 nitrogen and oxygen atoms in total. The van der Waals surface area contributed by atoms with Gasteiger partial charge in [0.25, 0.3) is 0 Å². The van der Waals surface area contributed by atoms with Gasteiger partial charge in [0, 0.05) is 18.0 Å². The SMILES string of the molecule is CC1CN=C(NCC(C)(C)c2ccc3c(c2)OCO3)N1. The predicted octanol–water partition coefficient (Wildman–Crippen LogP) is 1.63. The Morgan fingerprint density at radius 2 is 2.15 bits per heavy atom. The van der Waals surface area contributed by atoms with Crippen molar-refractivity contribution in [1.29, 1.82) is 0 Å². The summed E-state index contributed by atoms with van der Waals surface area (Å²) in [5.74, 6) is 2.56. The fourth-order valence-corrected chi connectivity index (χ4v) is 2.38. The van der Waals surface area contributed by atoms with Gasteiger partial charge >= 0.3 is 0 Å². The highest BCUT2D eigenvalue weighted by Gasteiger charge is 2.25. The molecule has 5 heteroatoms. The Bertz CT molecular complexity index is 540. The molecular formula is C15H21N3O2. The van der Waals surface area contributed by atoms with E-state index in [9.17, 15) is 0 Å². The zero-order valence-electron chi connectivity index (χ0n) is 12.2. The van der Waals surface area contributed by atoms with E-state index in [1.54, 1.807) is 0 Å². The van der Waals surface area contributed by atoms with E-state index in [0.717, 1.165) is 30.5 Å². The van der Waals surface area contributed by atoms with E-state index in [2.05, 4.69) is 48.5 Å². The van der Waals surface area contributed by atoms with Crippen molar-refractivity contribution in [2.75, 3.05) is 19.9 Å². The summed E-state index contributed by atoms with van der Waals surface area (Å²) in [5.41, 5.74) is 1.21. The van der Waals surface area contributed by atoms with Crippen molar-refractivity contribution in [2.24, 2.45) is 4.99 Å². The lowest BCUT2D eigenvalue weighted by atomic mass is 9.84. The predicted molar refractivity (Wildman–Crippen MR) is 78.5 cm³/mol. The van der Waals surface area contributed by atoms with Crippen LogP contribution in [0.5, 0.6) is 11.5 Å². The molecule has 2 aliphatic rings. The van der Waals surface area contributed by atoms with E-state index in [1.807, 2.05) is 6.07 Å². The van der Waals surface area contributed by atoms with Crippen LogP contribution in [0.3, 0.4) is 0 Å². The first-order valence-corrected chi connectivity index (χ1v) is 6.99. The molecule has 20 heavy (non-hydrogen) atoms. The average Bonchev–Trinajstić information content (AvgIpc) is 3.04. The van der Waals surface area contributed by atoms with Gasteiger partial charge in [-0.15, -0.1) is 0 Å². The van der Waals surface area contributed by atoms with E-state index in [4.69, 9.17) is 9.47 Å². The van der Waals surface area contributed by atoms with Crippen molar-refractivity contribution in [1.82, 2.24) is 10.6 Å². The molecule has 0 fully saturated rings. The van der Waals surface area contributed by atoms with Crippen LogP contribution in [-0.4, -0.2) is 31.9 Å². The lowest BCUT2D eigenvalue weighted by Crippen LogP contribution is -2.43. The number of nitrogens with zero attached hydrogens (tertiary/aromatic N) is 1. The maximum Gasteiger partial charge on any atom is 0.231 e. The smallest absolute Gasteiger partial charge is 0.231 e. The molecule has 2 heterocycles. The largest absolute Gasteiger partial charge is 0.454 e. The number of nitrogens with one attached hydrogen (secondary N) is 2. The molecule has 2 aliphatic heterocycles. The molecule has 2 N–H and O–H groups in total. The van der Waals surface area contributed by atoms with Gasteiger partial charge in [-0.3, -0.25) is 4.99 Å². The summed E-state index contributed by atoms with van der Waals surface area (Å²) in [5, 5.41) is 6.70. The lowest BCUT2D eigenvalue weighted by molar-refractivity contribution is 0.174. The van der Waals surface area contributed by atoms with Crippen LogP contribution in [0.4, 0.5) is 0 Å². The number of aliphatic imine (C=N–C) groups is 1. The van der Waals surface area contributed by atoms with Crippen molar-refractivity contribution < 1.29 is 9.47 Å². The third-order valence-electron chi connectivity index (χ3n) is 3.76. The van der Waals surface area contributed by atoms with Crippen LogP contribution in [0.15, 0.2) is 23.2 Å². The first-order chi connectivity index (χ1) is 9.54. The number of hydrogen-bond acceptors (Lipinski definition) is 5. The molecule has 1 aromatic carbocycles. The van der Waals surface area contributed by atoms with Gasteiger partial charge in [-0.1, -0.05) is 19.9 Å². The quantitative estimate of drug-likeness (QED) is 0.880. The molecule has 0 aromatic heterocycles. The molecule has 0 spiro atoms. The van der Waals surface area contributed by atoms with Gasteiger partial charge in [-0.2, -0.15) is 0 Å². The van der Waals surface area contributed by atoms with Crippen LogP contribution in [0.2, 0.25) is 0 Å². The minimum Gasteiger partial charge on any atom is -0.454 e. The molecule has 0 saturated heterocycles. The number of fused-ring (bicyclic) bond motifs is 1. The highest BCUT2D eigenvalue weighted by Crippen LogP contribution is 2.36. The third kappa shape index (κ3) is 2.53. The number of rotatable bonds is 3. The number of benzene rings is 1. The summed E-state index contributed by atoms with van der Waals surface area (Å²) in [6, 6.07) is 6.57. The van der Waals surface area contributed by atoms with Crippen LogP contribution >= 0.6 is 0 Å². The van der Waals surface area contributed by atoms with E-state index in [1.165, 1.54) is 5.56 Å². The average molecular weight is 275 g/mol. The Hall–Kier alpha value is -1.91. The zero-order valence-corrected chi connectivity index (χ0v) is 12.2. The Kier molecular flexibility index (Phi) is 3.20. The molecule has 1 aromatic rings. The first kappa shape index (κ1) is 13.1. The topological polar surface area (TPSA) is 54.9 Å². The Balaban J connectivity index is 1.68. The lowest BCUT2D eigenvalue weighted by Gasteiger charge is -2.26. The first-order valence-electron chi connectivity index (χ1n) is 6.99. The second kappa shape index (κ2) is 4.89. The van der Waals surface area contributed by atoms with Crippen molar-refractivity contribution in [3.05, 3.63) is 23.8 Å². The minimum absolute atomic E-state index is 0.0169. The molecule has 1 unspecified atom stereocenters. The Morgan fingerprint density at radius 1 is 1.35 bits per heavy atom. The van der Waals surface area contributed by atoms with Gasteiger partial charge in [-0.25, -0.2) is 0 Å². The zero-order chi connectivity index (χ0) is 14.2. The van der Waals surface area contributed by atoms with Crippen LogP contribution in [0.25, 0.3) is 0 Å². The van der Waals surface area contributed by atoms with Crippen LogP contribution in [0, 0.1) is 0 Å². The molecule has 0 aliphatic carbocycles. The molecule has 0 amide bonds. The van der Waals surface area contributed by atoms with E-state index < -0.39 is 0 Å². The van der Waals surface area contributed by atoms with Crippen LogP contribution in [0.1, 0.15) is 26.3 Å². The van der Waals surface area contributed by atoms with E-state index >= 15 is 0 Å². The van der Waals surface area contributed by atoms with Crippen LogP contribution in [-0.2, 0) is 5.41 Å². The minimum atomic E-state index is -0.0169. The van der Waals surface area contributed by atoms with Crippen molar-refractivity contribution in [3.8, 4) is 11.5 Å². The molecular weight excluding hydrogens is 254 g/mol. The van der Waals surface area contributed by atoms with Gasteiger partial charge in [0.1, 0.15) is 0 Å². The molecule has 1 atom stereocenters. The normalized spacial score (nSPS) is 20.6. The summed E-state index contributed by atoms with van der Waals surface area (Å²) in [6.45, 7) is 8.50. The second-order valence-electron chi connectivity index (χ2n) is 6.04. The van der Waals surface area contributed by atoms with Gasteiger partial charge in [-0.05, 0) is 24.6 Å². The van der Waals surface area contributed by atoms with Gasteiger partial charge in [0.2, 0.25) is 6.79 Å². The standard InChI is InChI=1S/C15H21N3O2/c1-10-7-16-14(18-10)17-8-15(2,3)11-4-5-12-13(6-11)20-9-19-12/h4-6,10H,7-9H2,1-3H3,(H2,16,17,18). The highest BCUT2D eigenvalue weighted by molar-refractivity contribution is 5.81. The van der Waals surface area contributed by atoms with Crippen molar-refractivity contribution in [2.45, 2.75) is 32.2 Å². The Labute approximate surface area is 119 Å². The molecule has 108 valence electrons. The molecule has 0 saturated carbocycles. The summed E-state index contributed by atoms with van der Waals surface area (Å²) < 4.78 is 10.8. The summed E-state index contributed by atoms with van der Waals surface area (Å²) >= 11 is 0. The third-order valence-corrected chi connectivity index (χ3v) is 3.76. The Morgan fingerprint density at radius 3 is 2.90 bits per heavy atom. The number of guanidine groups is 1. The van der Waals surface area contributed by atoms with Gasteiger partial charge in [0.15, 0.2) is 17.5 Å². The summed E-state index contributed by atoms with van der Waals surface area (Å²) in [6.07, 6.45) is 0. The van der Waals surface area contributed by atoms with E-state index in [0.29, 0.717) is 12.8 Å². The summed E-state index contributed by atoms with van der Waals surface area (Å²) in [4.78, 5) is 4.42. The molecule has 3 rings (SSSR count). The fourth-order valence-electron chi connectivity index (χ4n) is 2.38. The fraction of sp³-hybridized carbons (Fsp3) is 0.533. The maximum atomic E-state index is 5.45. The van der Waals surface area contributed by atoms with Crippen molar-refractivity contribution >= 4 is 5.96 Å². The molecule has 0 radical (unpaired) electrons. The molecule has 0 bridgehead atoms. The second-order valence-corrected chi connectivity index (χ2v) is 6.04. The van der Waals surface area contributed by atoms with Gasteiger partial charge < -0.3 is 20.1 Å². The van der Waals surface area contributed by atoms with Gasteiger partial charge in [0.05, 0.1) is 6.54 Å².